The Kier molecular flexibility index (Phi) is 6.87. The molecule has 34 heavy (non-hydrogen) atoms. The van der Waals surface area contributed by atoms with Gasteiger partial charge in [-0.15, -0.1) is 0 Å². The van der Waals surface area contributed by atoms with Crippen molar-refractivity contribution in [1.82, 2.24) is 24.8 Å². The average molecular weight is 456 g/mol. The molecular formula is C27H29N5O2. The van der Waals surface area contributed by atoms with Crippen LogP contribution < -0.4 is 0 Å². The molecule has 1 fully saturated rings. The summed E-state index contributed by atoms with van der Waals surface area (Å²) in [6.45, 7) is 7.67. The van der Waals surface area contributed by atoms with E-state index in [0.29, 0.717) is 11.5 Å². The number of aryl methyl sites for hydroxylation is 1. The Hall–Kier alpha value is -3.79. The molecule has 0 N–H and O–H groups in total. The minimum absolute atomic E-state index is 0.191. The van der Waals surface area contributed by atoms with Gasteiger partial charge in [0, 0.05) is 18.6 Å². The van der Waals surface area contributed by atoms with Crippen LogP contribution in [-0.4, -0.2) is 36.5 Å². The molecule has 3 aromatic rings. The monoisotopic (exact) mass is 455 g/mol. The van der Waals surface area contributed by atoms with Crippen molar-refractivity contribution in [1.29, 1.82) is 0 Å². The summed E-state index contributed by atoms with van der Waals surface area (Å²) in [6, 6.07) is 11.0. The van der Waals surface area contributed by atoms with E-state index in [2.05, 4.69) is 26.8 Å². The molecule has 0 saturated carbocycles. The second kappa shape index (κ2) is 10.0. The highest BCUT2D eigenvalue weighted by atomic mass is 16.6. The van der Waals surface area contributed by atoms with Crippen LogP contribution in [0.2, 0.25) is 0 Å². The molecule has 0 spiro atoms. The van der Waals surface area contributed by atoms with E-state index in [1.165, 1.54) is 0 Å². The van der Waals surface area contributed by atoms with E-state index in [1.54, 1.807) is 24.7 Å². The van der Waals surface area contributed by atoms with E-state index in [1.807, 2.05) is 62.9 Å². The van der Waals surface area contributed by atoms with Crippen LogP contribution in [0, 0.1) is 18.8 Å². The number of rotatable bonds is 2. The fraction of sp³-hybridized carbons (Fsp3) is 0.370. The summed E-state index contributed by atoms with van der Waals surface area (Å²) in [4.78, 5) is 33.0. The van der Waals surface area contributed by atoms with Crippen molar-refractivity contribution in [3.63, 3.8) is 0 Å². The fourth-order valence-electron chi connectivity index (χ4n) is 4.16. The molecule has 2 unspecified atom stereocenters. The van der Waals surface area contributed by atoms with Crippen molar-refractivity contribution in [3.05, 3.63) is 83.5 Å². The number of aromatic nitrogens is 4. The van der Waals surface area contributed by atoms with Crippen LogP contribution in [0.25, 0.3) is 0 Å². The van der Waals surface area contributed by atoms with Gasteiger partial charge in [-0.05, 0) is 88.6 Å². The molecule has 0 aromatic carbocycles. The van der Waals surface area contributed by atoms with Gasteiger partial charge in [-0.3, -0.25) is 9.88 Å². The second-order valence-electron chi connectivity index (χ2n) is 9.33. The number of ether oxygens (including phenoxy) is 1. The number of piperidine rings is 1. The summed E-state index contributed by atoms with van der Waals surface area (Å²) in [5.41, 5.74) is 2.72. The Bertz CT molecular complexity index is 1210. The van der Waals surface area contributed by atoms with Crippen LogP contribution in [0.1, 0.15) is 80.6 Å². The van der Waals surface area contributed by atoms with Gasteiger partial charge in [0.1, 0.15) is 11.3 Å². The largest absolute Gasteiger partial charge is 0.444 e. The van der Waals surface area contributed by atoms with Crippen LogP contribution in [-0.2, 0) is 4.74 Å². The van der Waals surface area contributed by atoms with E-state index in [9.17, 15) is 4.79 Å². The van der Waals surface area contributed by atoms with Crippen LogP contribution in [0.5, 0.6) is 0 Å². The highest BCUT2D eigenvalue weighted by Gasteiger charge is 2.40. The summed E-state index contributed by atoms with van der Waals surface area (Å²) in [7, 11) is 0. The minimum atomic E-state index is -0.612. The molecule has 0 radical (unpaired) electrons. The predicted octanol–water partition coefficient (Wildman–Crippen LogP) is 5.18. The molecule has 174 valence electrons. The average Bonchev–Trinajstić information content (AvgIpc) is 2.82. The van der Waals surface area contributed by atoms with Gasteiger partial charge in [0.05, 0.1) is 23.5 Å². The van der Waals surface area contributed by atoms with Crippen molar-refractivity contribution in [2.24, 2.45) is 0 Å². The third-order valence-corrected chi connectivity index (χ3v) is 5.58. The summed E-state index contributed by atoms with van der Waals surface area (Å²) >= 11 is 0. The van der Waals surface area contributed by atoms with Gasteiger partial charge in [-0.25, -0.2) is 19.7 Å². The second-order valence-corrected chi connectivity index (χ2v) is 9.33. The number of amides is 1. The lowest BCUT2D eigenvalue weighted by molar-refractivity contribution is -0.00804. The Morgan fingerprint density at radius 3 is 2.44 bits per heavy atom. The van der Waals surface area contributed by atoms with Crippen molar-refractivity contribution in [2.75, 3.05) is 0 Å². The number of hydrogen-bond donors (Lipinski definition) is 0. The van der Waals surface area contributed by atoms with Gasteiger partial charge in [0.15, 0.2) is 0 Å². The topological polar surface area (TPSA) is 81.1 Å². The Balaban J connectivity index is 1.71. The molecule has 0 aliphatic carbocycles. The van der Waals surface area contributed by atoms with Gasteiger partial charge < -0.3 is 4.74 Å². The van der Waals surface area contributed by atoms with Gasteiger partial charge in [0.25, 0.3) is 0 Å². The van der Waals surface area contributed by atoms with Gasteiger partial charge in [0.2, 0.25) is 5.82 Å². The summed E-state index contributed by atoms with van der Waals surface area (Å²) in [5, 5.41) is 0. The SMILES string of the molecule is Cc1cccnc1C1CCCC(c2cccc(C#Cc3ncccn3)n2)N1C(=O)OC(C)(C)C. The number of hydrogen-bond acceptors (Lipinski definition) is 6. The first-order chi connectivity index (χ1) is 16.3. The zero-order valence-corrected chi connectivity index (χ0v) is 20.0. The molecule has 2 atom stereocenters. The van der Waals surface area contributed by atoms with E-state index < -0.39 is 5.60 Å². The zero-order chi connectivity index (χ0) is 24.1. The highest BCUT2D eigenvalue weighted by Crippen LogP contribution is 2.42. The third kappa shape index (κ3) is 5.57. The van der Waals surface area contributed by atoms with Crippen molar-refractivity contribution < 1.29 is 9.53 Å². The molecular weight excluding hydrogens is 426 g/mol. The maximum absolute atomic E-state index is 13.5. The molecule has 1 aliphatic rings. The number of carbonyl (C=O) groups excluding carboxylic acids is 1. The molecule has 7 heteroatoms. The fourth-order valence-corrected chi connectivity index (χ4v) is 4.16. The Morgan fingerprint density at radius 1 is 0.971 bits per heavy atom. The van der Waals surface area contributed by atoms with Gasteiger partial charge in [-0.1, -0.05) is 12.1 Å². The first-order valence-corrected chi connectivity index (χ1v) is 11.5. The van der Waals surface area contributed by atoms with Crippen molar-refractivity contribution >= 4 is 6.09 Å². The first-order valence-electron chi connectivity index (χ1n) is 11.5. The molecule has 3 aromatic heterocycles. The smallest absolute Gasteiger partial charge is 0.411 e. The number of nitrogens with zero attached hydrogens (tertiary/aromatic N) is 5. The van der Waals surface area contributed by atoms with Crippen LogP contribution in [0.3, 0.4) is 0 Å². The molecule has 7 nitrogen and oxygen atoms in total. The molecule has 4 rings (SSSR count). The highest BCUT2D eigenvalue weighted by molar-refractivity contribution is 5.70. The number of likely N-dealkylation sites (tertiary alicyclic amines) is 1. The van der Waals surface area contributed by atoms with Gasteiger partial charge >= 0.3 is 6.09 Å². The molecule has 4 heterocycles. The lowest BCUT2D eigenvalue weighted by Crippen LogP contribution is -2.44. The molecule has 1 amide bonds. The van der Waals surface area contributed by atoms with Crippen molar-refractivity contribution in [3.8, 4) is 11.8 Å². The van der Waals surface area contributed by atoms with Crippen LogP contribution in [0.15, 0.2) is 55.0 Å². The van der Waals surface area contributed by atoms with Crippen LogP contribution in [0.4, 0.5) is 4.79 Å². The zero-order valence-electron chi connectivity index (χ0n) is 20.0. The molecule has 1 aliphatic heterocycles. The van der Waals surface area contributed by atoms with E-state index >= 15 is 0 Å². The lowest BCUT2D eigenvalue weighted by atomic mass is 9.90. The van der Waals surface area contributed by atoms with Gasteiger partial charge in [-0.2, -0.15) is 0 Å². The third-order valence-electron chi connectivity index (χ3n) is 5.58. The quantitative estimate of drug-likeness (QED) is 0.496. The summed E-state index contributed by atoms with van der Waals surface area (Å²) < 4.78 is 5.84. The first kappa shape index (κ1) is 23.4. The van der Waals surface area contributed by atoms with E-state index in [0.717, 1.165) is 36.2 Å². The number of carbonyl (C=O) groups is 1. The minimum Gasteiger partial charge on any atom is -0.444 e. The maximum atomic E-state index is 13.5. The van der Waals surface area contributed by atoms with Crippen LogP contribution >= 0.6 is 0 Å². The Morgan fingerprint density at radius 2 is 1.71 bits per heavy atom. The summed E-state index contributed by atoms with van der Waals surface area (Å²) in [5.74, 6) is 6.43. The van der Waals surface area contributed by atoms with E-state index in [4.69, 9.17) is 9.72 Å². The normalized spacial score (nSPS) is 18.1. The lowest BCUT2D eigenvalue weighted by Gasteiger charge is -2.42. The standard InChI is InChI=1S/C27H29N5O2/c1-19-9-7-16-30-25(19)23-13-6-12-22(32(23)26(33)34-27(2,3)4)21-11-5-10-20(31-21)14-15-24-28-17-8-18-29-24/h5,7-11,16-18,22-23H,6,12-13H2,1-4H3. The molecule has 1 saturated heterocycles. The maximum Gasteiger partial charge on any atom is 0.411 e. The van der Waals surface area contributed by atoms with E-state index in [-0.39, 0.29) is 18.2 Å². The Labute approximate surface area is 200 Å². The predicted molar refractivity (Wildman–Crippen MR) is 129 cm³/mol. The number of pyridine rings is 2. The molecule has 0 bridgehead atoms. The van der Waals surface area contributed by atoms with Crippen molar-refractivity contribution in [2.45, 2.75) is 64.6 Å². The summed E-state index contributed by atoms with van der Waals surface area (Å²) in [6.07, 6.45) is 7.27.